The highest BCUT2D eigenvalue weighted by Gasteiger charge is 2.18. The van der Waals surface area contributed by atoms with Crippen molar-refractivity contribution in [2.24, 2.45) is 0 Å². The summed E-state index contributed by atoms with van der Waals surface area (Å²) in [5, 5.41) is 15.3. The van der Waals surface area contributed by atoms with E-state index in [1.54, 1.807) is 0 Å². The van der Waals surface area contributed by atoms with Gasteiger partial charge in [-0.15, -0.1) is 0 Å². The fourth-order valence-electron chi connectivity index (χ4n) is 7.95. The summed E-state index contributed by atoms with van der Waals surface area (Å²) in [5.41, 5.74) is 7.52. The molecule has 0 amide bonds. The number of benzene rings is 10. The van der Waals surface area contributed by atoms with E-state index < -0.39 is 0 Å². The molecule has 0 atom stereocenters. The quantitative estimate of drug-likeness (QED) is 0.139. The predicted octanol–water partition coefficient (Wildman–Crippen LogP) is 13.6. The van der Waals surface area contributed by atoms with Crippen molar-refractivity contribution in [3.8, 4) is 33.4 Å². The van der Waals surface area contributed by atoms with Crippen molar-refractivity contribution in [2.75, 3.05) is 0 Å². The largest absolute Gasteiger partial charge is 0.0622 e. The van der Waals surface area contributed by atoms with Gasteiger partial charge >= 0.3 is 0 Å². The average molecular weight is 607 g/mol. The molecule has 10 rings (SSSR count). The van der Waals surface area contributed by atoms with E-state index in [1.807, 2.05) is 0 Å². The van der Waals surface area contributed by atoms with Crippen LogP contribution in [0.15, 0.2) is 182 Å². The maximum Gasteiger partial charge on any atom is -0.00261 e. The van der Waals surface area contributed by atoms with E-state index in [2.05, 4.69) is 182 Å². The van der Waals surface area contributed by atoms with Crippen LogP contribution in [0.2, 0.25) is 0 Å². The molecular formula is C48H30. The Balaban J connectivity index is 1.29. The Hall–Kier alpha value is -6.24. The molecule has 222 valence electrons. The lowest BCUT2D eigenvalue weighted by Gasteiger charge is -2.19. The Labute approximate surface area is 279 Å². The second kappa shape index (κ2) is 10.7. The second-order valence-electron chi connectivity index (χ2n) is 12.9. The van der Waals surface area contributed by atoms with Gasteiger partial charge in [0.1, 0.15) is 0 Å². The van der Waals surface area contributed by atoms with Crippen molar-refractivity contribution in [3.63, 3.8) is 0 Å². The molecule has 48 heavy (non-hydrogen) atoms. The second-order valence-corrected chi connectivity index (χ2v) is 12.9. The zero-order valence-electron chi connectivity index (χ0n) is 26.3. The molecule has 0 fully saturated rings. The third-order valence-electron chi connectivity index (χ3n) is 10.2. The van der Waals surface area contributed by atoms with E-state index in [4.69, 9.17) is 0 Å². The van der Waals surface area contributed by atoms with Gasteiger partial charge in [-0.25, -0.2) is 0 Å². The van der Waals surface area contributed by atoms with Crippen LogP contribution in [-0.2, 0) is 0 Å². The number of fused-ring (bicyclic) bond motifs is 7. The van der Waals surface area contributed by atoms with Crippen LogP contribution in [-0.4, -0.2) is 0 Å². The first-order chi connectivity index (χ1) is 23.8. The number of rotatable bonds is 3. The molecule has 10 aromatic rings. The lowest BCUT2D eigenvalue weighted by molar-refractivity contribution is 1.65. The van der Waals surface area contributed by atoms with Crippen molar-refractivity contribution in [3.05, 3.63) is 182 Å². The van der Waals surface area contributed by atoms with Crippen LogP contribution in [0.3, 0.4) is 0 Å². The van der Waals surface area contributed by atoms with Crippen molar-refractivity contribution < 1.29 is 0 Å². The number of hydrogen-bond donors (Lipinski definition) is 0. The third kappa shape index (κ3) is 4.16. The van der Waals surface area contributed by atoms with E-state index in [9.17, 15) is 0 Å². The van der Waals surface area contributed by atoms with E-state index in [1.165, 1.54) is 98.0 Å². The lowest BCUT2D eigenvalue weighted by Crippen LogP contribution is -1.92. The first-order valence-corrected chi connectivity index (χ1v) is 16.7. The zero-order chi connectivity index (χ0) is 31.6. The summed E-state index contributed by atoms with van der Waals surface area (Å²) in [6, 6.07) is 67.2. The van der Waals surface area contributed by atoms with Gasteiger partial charge in [0.15, 0.2) is 0 Å². The molecular weight excluding hydrogens is 577 g/mol. The average Bonchev–Trinajstić information content (AvgIpc) is 3.15. The molecule has 0 spiro atoms. The summed E-state index contributed by atoms with van der Waals surface area (Å²) in [4.78, 5) is 0. The van der Waals surface area contributed by atoms with Gasteiger partial charge in [-0.05, 0) is 122 Å². The Kier molecular flexibility index (Phi) is 5.98. The van der Waals surface area contributed by atoms with E-state index in [0.717, 1.165) is 0 Å². The standard InChI is InChI=1S/C48H30/c1-2-12-32(13-3-1)47-42-17-8-9-18-43(42)48(38-22-21-31-11-4-5-14-33(31)28-38)44-26-24-37(30-46(44)47)39-19-10-20-40-41(39)25-23-36-27-34-15-6-7-16-35(34)29-45(36)40/h1-30H. The molecule has 0 N–H and O–H groups in total. The highest BCUT2D eigenvalue weighted by Crippen LogP contribution is 2.46. The molecule has 0 saturated heterocycles. The molecule has 0 heteroatoms. The van der Waals surface area contributed by atoms with Crippen LogP contribution in [0.1, 0.15) is 0 Å². The monoisotopic (exact) mass is 606 g/mol. The summed E-state index contributed by atoms with van der Waals surface area (Å²) < 4.78 is 0. The molecule has 0 radical (unpaired) electrons. The number of hydrogen-bond acceptors (Lipinski definition) is 0. The van der Waals surface area contributed by atoms with Gasteiger partial charge in [-0.1, -0.05) is 158 Å². The smallest absolute Gasteiger partial charge is 0.00261 e. The maximum atomic E-state index is 2.44. The molecule has 0 nitrogen and oxygen atoms in total. The van der Waals surface area contributed by atoms with Gasteiger partial charge in [0, 0.05) is 0 Å². The molecule has 0 aliphatic carbocycles. The summed E-state index contributed by atoms with van der Waals surface area (Å²) in [7, 11) is 0. The highest BCUT2D eigenvalue weighted by atomic mass is 14.2. The molecule has 10 aromatic carbocycles. The third-order valence-corrected chi connectivity index (χ3v) is 10.2. The Bertz CT molecular complexity index is 2880. The van der Waals surface area contributed by atoms with E-state index in [0.29, 0.717) is 0 Å². The van der Waals surface area contributed by atoms with Gasteiger partial charge in [0.25, 0.3) is 0 Å². The fraction of sp³-hybridized carbons (Fsp3) is 0. The predicted molar refractivity (Wildman–Crippen MR) is 208 cm³/mol. The van der Waals surface area contributed by atoms with E-state index >= 15 is 0 Å². The molecule has 0 aliphatic rings. The summed E-state index contributed by atoms with van der Waals surface area (Å²) >= 11 is 0. The van der Waals surface area contributed by atoms with Gasteiger partial charge < -0.3 is 0 Å². The van der Waals surface area contributed by atoms with Crippen LogP contribution >= 0.6 is 0 Å². The van der Waals surface area contributed by atoms with Gasteiger partial charge in [0.05, 0.1) is 0 Å². The summed E-state index contributed by atoms with van der Waals surface area (Å²) in [5.74, 6) is 0. The van der Waals surface area contributed by atoms with Crippen LogP contribution in [0.5, 0.6) is 0 Å². The van der Waals surface area contributed by atoms with Crippen molar-refractivity contribution in [2.45, 2.75) is 0 Å². The first-order valence-electron chi connectivity index (χ1n) is 16.7. The normalized spacial score (nSPS) is 11.8. The van der Waals surface area contributed by atoms with Crippen molar-refractivity contribution in [1.82, 2.24) is 0 Å². The first kappa shape index (κ1) is 26.9. The topological polar surface area (TPSA) is 0 Å². The minimum Gasteiger partial charge on any atom is -0.0622 e. The minimum atomic E-state index is 1.23. The molecule has 0 aliphatic heterocycles. The van der Waals surface area contributed by atoms with Gasteiger partial charge in [-0.3, -0.25) is 0 Å². The highest BCUT2D eigenvalue weighted by molar-refractivity contribution is 6.23. The molecule has 0 aromatic heterocycles. The fourth-order valence-corrected chi connectivity index (χ4v) is 7.95. The molecule has 0 bridgehead atoms. The zero-order valence-corrected chi connectivity index (χ0v) is 26.3. The van der Waals surface area contributed by atoms with Crippen LogP contribution in [0.4, 0.5) is 0 Å². The molecule has 0 unspecified atom stereocenters. The van der Waals surface area contributed by atoms with Crippen LogP contribution in [0.25, 0.3) is 98.0 Å². The molecule has 0 saturated carbocycles. The molecule has 0 heterocycles. The Morgan fingerprint density at radius 1 is 0.208 bits per heavy atom. The van der Waals surface area contributed by atoms with E-state index in [-0.39, 0.29) is 0 Å². The van der Waals surface area contributed by atoms with Gasteiger partial charge in [0.2, 0.25) is 0 Å². The van der Waals surface area contributed by atoms with Gasteiger partial charge in [-0.2, -0.15) is 0 Å². The SMILES string of the molecule is c1ccc(-c2c3ccccc3c(-c3ccc4ccccc4c3)c3ccc(-c4cccc5c4ccc4cc6ccccc6cc45)cc23)cc1. The Morgan fingerprint density at radius 3 is 1.56 bits per heavy atom. The lowest BCUT2D eigenvalue weighted by atomic mass is 9.84. The summed E-state index contributed by atoms with van der Waals surface area (Å²) in [6.07, 6.45) is 0. The van der Waals surface area contributed by atoms with Crippen molar-refractivity contribution in [1.29, 1.82) is 0 Å². The minimum absolute atomic E-state index is 1.23. The summed E-state index contributed by atoms with van der Waals surface area (Å²) in [6.45, 7) is 0. The van der Waals surface area contributed by atoms with Crippen LogP contribution in [0, 0.1) is 0 Å². The van der Waals surface area contributed by atoms with Crippen LogP contribution < -0.4 is 0 Å². The maximum absolute atomic E-state index is 2.44. The van der Waals surface area contributed by atoms with Crippen molar-refractivity contribution >= 4 is 64.6 Å². The Morgan fingerprint density at radius 2 is 0.771 bits per heavy atom.